The van der Waals surface area contributed by atoms with E-state index in [9.17, 15) is 8.42 Å². The zero-order valence-electron chi connectivity index (χ0n) is 8.09. The van der Waals surface area contributed by atoms with Crippen LogP contribution in [0.3, 0.4) is 0 Å². The smallest absolute Gasteiger partial charge is 0.370 e. The molecule has 15 heavy (non-hydrogen) atoms. The molecule has 1 aromatic carbocycles. The average Bonchev–Trinajstić information content (AvgIpc) is 2.66. The SMILES string of the molecule is O=S1(=O)Oc2ccccc2[C@@H]2CCCN21. The average molecular weight is 225 g/mol. The van der Waals surface area contributed by atoms with Gasteiger partial charge in [-0.25, -0.2) is 0 Å². The van der Waals surface area contributed by atoms with Crippen LogP contribution in [0.25, 0.3) is 0 Å². The lowest BCUT2D eigenvalue weighted by molar-refractivity contribution is 0.316. The number of nitrogens with zero attached hydrogens (tertiary/aromatic N) is 1. The summed E-state index contributed by atoms with van der Waals surface area (Å²) in [6, 6.07) is 7.34. The van der Waals surface area contributed by atoms with Gasteiger partial charge in [0.15, 0.2) is 0 Å². The maximum Gasteiger partial charge on any atom is 0.385 e. The van der Waals surface area contributed by atoms with Gasteiger partial charge in [0.2, 0.25) is 0 Å². The largest absolute Gasteiger partial charge is 0.385 e. The van der Waals surface area contributed by atoms with Gasteiger partial charge in [0.05, 0.1) is 6.04 Å². The highest BCUT2D eigenvalue weighted by atomic mass is 32.2. The van der Waals surface area contributed by atoms with Crippen molar-refractivity contribution < 1.29 is 12.6 Å². The first-order chi connectivity index (χ1) is 7.18. The van der Waals surface area contributed by atoms with Crippen LogP contribution < -0.4 is 4.18 Å². The number of para-hydroxylation sites is 1. The monoisotopic (exact) mass is 225 g/mol. The van der Waals surface area contributed by atoms with E-state index in [-0.39, 0.29) is 6.04 Å². The summed E-state index contributed by atoms with van der Waals surface area (Å²) in [6.07, 6.45) is 1.79. The maximum atomic E-state index is 11.7. The lowest BCUT2D eigenvalue weighted by Crippen LogP contribution is -2.37. The molecule has 5 heteroatoms. The van der Waals surface area contributed by atoms with E-state index in [0.717, 1.165) is 18.4 Å². The summed E-state index contributed by atoms with van der Waals surface area (Å²) in [7, 11) is -3.54. The molecule has 1 aromatic rings. The van der Waals surface area contributed by atoms with Crippen molar-refractivity contribution in [2.75, 3.05) is 6.54 Å². The van der Waals surface area contributed by atoms with Gasteiger partial charge in [-0.2, -0.15) is 12.7 Å². The summed E-state index contributed by atoms with van der Waals surface area (Å²) in [5.41, 5.74) is 0.991. The highest BCUT2D eigenvalue weighted by molar-refractivity contribution is 7.84. The summed E-state index contributed by atoms with van der Waals surface area (Å²) in [4.78, 5) is 0. The Labute approximate surface area is 88.7 Å². The number of rotatable bonds is 0. The quantitative estimate of drug-likeness (QED) is 0.671. The van der Waals surface area contributed by atoms with Gasteiger partial charge in [-0.05, 0) is 18.9 Å². The fraction of sp³-hybridized carbons (Fsp3) is 0.400. The summed E-state index contributed by atoms with van der Waals surface area (Å²) >= 11 is 0. The highest BCUT2D eigenvalue weighted by Gasteiger charge is 2.42. The molecule has 3 rings (SSSR count). The third kappa shape index (κ3) is 1.27. The first-order valence-corrected chi connectivity index (χ1v) is 6.35. The first-order valence-electron chi connectivity index (χ1n) is 4.99. The summed E-state index contributed by atoms with van der Waals surface area (Å²) in [5, 5.41) is 0. The predicted molar refractivity (Wildman–Crippen MR) is 54.7 cm³/mol. The van der Waals surface area contributed by atoms with Crippen LogP contribution >= 0.6 is 0 Å². The van der Waals surface area contributed by atoms with Crippen molar-refractivity contribution >= 4 is 10.3 Å². The van der Waals surface area contributed by atoms with Crippen LogP contribution in [0.2, 0.25) is 0 Å². The van der Waals surface area contributed by atoms with Gasteiger partial charge in [0.1, 0.15) is 5.75 Å². The second-order valence-corrected chi connectivity index (χ2v) is 5.34. The van der Waals surface area contributed by atoms with Crippen LogP contribution in [0.4, 0.5) is 0 Å². The minimum absolute atomic E-state index is 0.0139. The zero-order chi connectivity index (χ0) is 10.5. The van der Waals surface area contributed by atoms with Crippen molar-refractivity contribution in [3.8, 4) is 5.75 Å². The number of hydrogen-bond donors (Lipinski definition) is 0. The molecule has 0 aliphatic carbocycles. The lowest BCUT2D eigenvalue weighted by atomic mass is 10.0. The van der Waals surface area contributed by atoms with Crippen molar-refractivity contribution in [3.05, 3.63) is 29.8 Å². The Morgan fingerprint density at radius 1 is 1.33 bits per heavy atom. The van der Waals surface area contributed by atoms with Gasteiger partial charge in [-0.3, -0.25) is 0 Å². The molecule has 4 nitrogen and oxygen atoms in total. The Balaban J connectivity index is 2.19. The second-order valence-electron chi connectivity index (χ2n) is 3.85. The standard InChI is InChI=1S/C10H11NO3S/c12-15(13)11-7-3-5-9(11)8-4-1-2-6-10(8)14-15/h1-2,4,6,9H,3,5,7H2/t9-/m0/s1. The van der Waals surface area contributed by atoms with Crippen LogP contribution in [0, 0.1) is 0 Å². The molecule has 1 fully saturated rings. The van der Waals surface area contributed by atoms with Gasteiger partial charge < -0.3 is 4.18 Å². The van der Waals surface area contributed by atoms with E-state index in [0.29, 0.717) is 12.3 Å². The molecule has 80 valence electrons. The van der Waals surface area contributed by atoms with Crippen molar-refractivity contribution in [2.45, 2.75) is 18.9 Å². The van der Waals surface area contributed by atoms with E-state index in [1.54, 1.807) is 12.1 Å². The molecule has 0 radical (unpaired) electrons. The Morgan fingerprint density at radius 2 is 2.13 bits per heavy atom. The molecular weight excluding hydrogens is 214 g/mol. The topological polar surface area (TPSA) is 46.6 Å². The van der Waals surface area contributed by atoms with Gasteiger partial charge in [0.25, 0.3) is 0 Å². The molecule has 0 saturated carbocycles. The molecule has 1 saturated heterocycles. The Bertz CT molecular complexity index is 497. The van der Waals surface area contributed by atoms with Crippen LogP contribution in [0.1, 0.15) is 24.4 Å². The third-order valence-electron chi connectivity index (χ3n) is 2.96. The zero-order valence-corrected chi connectivity index (χ0v) is 8.90. The molecule has 0 amide bonds. The van der Waals surface area contributed by atoms with Crippen LogP contribution in [-0.4, -0.2) is 19.3 Å². The van der Waals surface area contributed by atoms with Gasteiger partial charge in [0, 0.05) is 12.1 Å². The van der Waals surface area contributed by atoms with Crippen molar-refractivity contribution in [2.24, 2.45) is 0 Å². The molecular formula is C10H11NO3S. The van der Waals surface area contributed by atoms with E-state index < -0.39 is 10.3 Å². The lowest BCUT2D eigenvalue weighted by Gasteiger charge is -2.30. The van der Waals surface area contributed by atoms with Gasteiger partial charge in [-0.15, -0.1) is 0 Å². The molecule has 0 bridgehead atoms. The number of hydrogen-bond acceptors (Lipinski definition) is 3. The van der Waals surface area contributed by atoms with Gasteiger partial charge >= 0.3 is 10.3 Å². The second kappa shape index (κ2) is 2.96. The third-order valence-corrected chi connectivity index (χ3v) is 4.37. The predicted octanol–water partition coefficient (Wildman–Crippen LogP) is 1.46. The van der Waals surface area contributed by atoms with E-state index in [2.05, 4.69) is 0 Å². The summed E-state index contributed by atoms with van der Waals surface area (Å²) < 4.78 is 29.9. The van der Waals surface area contributed by atoms with E-state index in [1.165, 1.54) is 4.31 Å². The first kappa shape index (κ1) is 9.18. The molecule has 0 spiro atoms. The molecule has 2 aliphatic rings. The molecule has 0 aromatic heterocycles. The molecule has 1 atom stereocenters. The maximum absolute atomic E-state index is 11.7. The summed E-state index contributed by atoms with van der Waals surface area (Å²) in [5.74, 6) is 0.487. The highest BCUT2D eigenvalue weighted by Crippen LogP contribution is 2.43. The Hall–Kier alpha value is -1.07. The normalized spacial score (nSPS) is 27.9. The van der Waals surface area contributed by atoms with Crippen LogP contribution in [0.5, 0.6) is 5.75 Å². The van der Waals surface area contributed by atoms with Crippen LogP contribution in [-0.2, 0) is 10.3 Å². The minimum atomic E-state index is -3.54. The summed E-state index contributed by atoms with van der Waals surface area (Å²) in [6.45, 7) is 0.571. The fourth-order valence-electron chi connectivity index (χ4n) is 2.31. The van der Waals surface area contributed by atoms with Crippen molar-refractivity contribution in [3.63, 3.8) is 0 Å². The number of fused-ring (bicyclic) bond motifs is 3. The van der Waals surface area contributed by atoms with E-state index >= 15 is 0 Å². The Kier molecular flexibility index (Phi) is 1.81. The fourth-order valence-corrected chi connectivity index (χ4v) is 3.67. The Morgan fingerprint density at radius 3 is 3.00 bits per heavy atom. The molecule has 2 heterocycles. The van der Waals surface area contributed by atoms with E-state index in [1.807, 2.05) is 12.1 Å². The van der Waals surface area contributed by atoms with E-state index in [4.69, 9.17) is 4.18 Å². The molecule has 0 unspecified atom stereocenters. The molecule has 0 N–H and O–H groups in total. The van der Waals surface area contributed by atoms with Crippen molar-refractivity contribution in [1.82, 2.24) is 4.31 Å². The molecule has 2 aliphatic heterocycles. The van der Waals surface area contributed by atoms with Crippen LogP contribution in [0.15, 0.2) is 24.3 Å². The minimum Gasteiger partial charge on any atom is -0.370 e. The van der Waals surface area contributed by atoms with Gasteiger partial charge in [-0.1, -0.05) is 18.2 Å². The van der Waals surface area contributed by atoms with Crippen molar-refractivity contribution in [1.29, 1.82) is 0 Å². The number of benzene rings is 1.